The van der Waals surface area contributed by atoms with Crippen molar-refractivity contribution in [2.75, 3.05) is 13.1 Å². The summed E-state index contributed by atoms with van der Waals surface area (Å²) in [6.07, 6.45) is 0.470. The second kappa shape index (κ2) is 5.00. The summed E-state index contributed by atoms with van der Waals surface area (Å²) in [6.45, 7) is 3.67. The Bertz CT molecular complexity index is 550. The third-order valence-electron chi connectivity index (χ3n) is 3.67. The van der Waals surface area contributed by atoms with E-state index >= 15 is 0 Å². The van der Waals surface area contributed by atoms with Gasteiger partial charge in [0.15, 0.2) is 0 Å². The van der Waals surface area contributed by atoms with Gasteiger partial charge >= 0.3 is 5.97 Å². The number of carbonyl (C=O) groups is 1. The largest absolute Gasteiger partial charge is 0.480 e. The topological polar surface area (TPSA) is 90.4 Å². The molecule has 1 heterocycles. The van der Waals surface area contributed by atoms with Crippen LogP contribution >= 0.6 is 0 Å². The zero-order valence-corrected chi connectivity index (χ0v) is 10.9. The van der Waals surface area contributed by atoms with Crippen molar-refractivity contribution in [2.45, 2.75) is 25.4 Å². The summed E-state index contributed by atoms with van der Waals surface area (Å²) in [4.78, 5) is 13.1. The summed E-state index contributed by atoms with van der Waals surface area (Å²) in [7, 11) is 0. The quantitative estimate of drug-likeness (QED) is 0.840. The highest BCUT2D eigenvalue weighted by atomic mass is 16.4. The predicted octanol–water partition coefficient (Wildman–Crippen LogP) is 0.854. The molecule has 0 aliphatic carbocycles. The van der Waals surface area contributed by atoms with Gasteiger partial charge < -0.3 is 10.8 Å². The van der Waals surface area contributed by atoms with Crippen LogP contribution in [0.25, 0.3) is 0 Å². The van der Waals surface area contributed by atoms with Crippen LogP contribution < -0.4 is 5.73 Å². The molecule has 1 fully saturated rings. The monoisotopic (exact) mass is 259 g/mol. The molecule has 5 heteroatoms. The van der Waals surface area contributed by atoms with Crippen LogP contribution in [0, 0.1) is 18.3 Å². The van der Waals surface area contributed by atoms with Crippen LogP contribution in [-0.2, 0) is 11.3 Å². The van der Waals surface area contributed by atoms with E-state index in [1.807, 2.05) is 24.0 Å². The number of hydrogen-bond donors (Lipinski definition) is 2. The van der Waals surface area contributed by atoms with Gasteiger partial charge in [0.2, 0.25) is 0 Å². The summed E-state index contributed by atoms with van der Waals surface area (Å²) in [5, 5.41) is 17.9. The predicted molar refractivity (Wildman–Crippen MR) is 70.3 cm³/mol. The molecule has 1 unspecified atom stereocenters. The van der Waals surface area contributed by atoms with E-state index < -0.39 is 11.5 Å². The van der Waals surface area contributed by atoms with Gasteiger partial charge in [-0.05, 0) is 36.6 Å². The fraction of sp³-hybridized carbons (Fsp3) is 0.429. The van der Waals surface area contributed by atoms with Crippen LogP contribution in [0.4, 0.5) is 0 Å². The standard InChI is InChI=1S/C14H17N3O2/c1-10-6-11(7-15)2-3-12(10)8-17-5-4-14(16,9-17)13(18)19/h2-3,6H,4-5,8-9,16H2,1H3,(H,18,19). The number of aliphatic carboxylic acids is 1. The Hall–Kier alpha value is -1.90. The fourth-order valence-corrected chi connectivity index (χ4v) is 2.41. The summed E-state index contributed by atoms with van der Waals surface area (Å²) in [5.74, 6) is -0.938. The first-order valence-electron chi connectivity index (χ1n) is 6.19. The Morgan fingerprint density at radius 3 is 2.89 bits per heavy atom. The Balaban J connectivity index is 2.08. The first kappa shape index (κ1) is 13.5. The number of carboxylic acid groups (broad SMARTS) is 1. The minimum absolute atomic E-state index is 0.363. The van der Waals surface area contributed by atoms with Crippen LogP contribution in [0.2, 0.25) is 0 Å². The zero-order chi connectivity index (χ0) is 14.0. The second-order valence-corrected chi connectivity index (χ2v) is 5.18. The molecular formula is C14H17N3O2. The van der Waals surface area contributed by atoms with Gasteiger partial charge in [0.05, 0.1) is 11.6 Å². The summed E-state index contributed by atoms with van der Waals surface area (Å²) in [5.41, 5.74) is 7.51. The Morgan fingerprint density at radius 1 is 1.63 bits per heavy atom. The molecule has 0 spiro atoms. The van der Waals surface area contributed by atoms with Gasteiger partial charge in [-0.15, -0.1) is 0 Å². The highest BCUT2D eigenvalue weighted by Crippen LogP contribution is 2.22. The maximum absolute atomic E-state index is 11.1. The van der Waals surface area contributed by atoms with E-state index in [1.54, 1.807) is 6.07 Å². The molecule has 100 valence electrons. The van der Waals surface area contributed by atoms with Crippen molar-refractivity contribution < 1.29 is 9.90 Å². The summed E-state index contributed by atoms with van der Waals surface area (Å²) in [6, 6.07) is 7.66. The first-order valence-corrected chi connectivity index (χ1v) is 6.19. The lowest BCUT2D eigenvalue weighted by Gasteiger charge is -2.20. The van der Waals surface area contributed by atoms with Gasteiger partial charge in [-0.3, -0.25) is 9.69 Å². The molecule has 1 saturated heterocycles. The molecule has 0 saturated carbocycles. The number of rotatable bonds is 3. The van der Waals surface area contributed by atoms with Crippen LogP contribution in [0.1, 0.15) is 23.1 Å². The van der Waals surface area contributed by atoms with Crippen LogP contribution in [0.3, 0.4) is 0 Å². The third kappa shape index (κ3) is 2.75. The maximum atomic E-state index is 11.1. The average molecular weight is 259 g/mol. The van der Waals surface area contributed by atoms with E-state index in [2.05, 4.69) is 6.07 Å². The molecule has 1 aromatic carbocycles. The third-order valence-corrected chi connectivity index (χ3v) is 3.67. The first-order chi connectivity index (χ1) is 8.94. The number of nitrogens with two attached hydrogens (primary N) is 1. The second-order valence-electron chi connectivity index (χ2n) is 5.18. The van der Waals surface area contributed by atoms with Crippen molar-refractivity contribution in [3.05, 3.63) is 34.9 Å². The van der Waals surface area contributed by atoms with Gasteiger partial charge in [-0.25, -0.2) is 0 Å². The van der Waals surface area contributed by atoms with Crippen molar-refractivity contribution in [3.63, 3.8) is 0 Å². The van der Waals surface area contributed by atoms with Gasteiger partial charge in [0, 0.05) is 19.6 Å². The Labute approximate surface area is 112 Å². The van der Waals surface area contributed by atoms with E-state index in [1.165, 1.54) is 0 Å². The van der Waals surface area contributed by atoms with Gasteiger partial charge in [-0.2, -0.15) is 5.26 Å². The van der Waals surface area contributed by atoms with E-state index in [0.29, 0.717) is 31.6 Å². The van der Waals surface area contributed by atoms with Gasteiger partial charge in [0.1, 0.15) is 5.54 Å². The van der Waals surface area contributed by atoms with Crippen LogP contribution in [-0.4, -0.2) is 34.6 Å². The van der Waals surface area contributed by atoms with E-state index in [9.17, 15) is 4.79 Å². The zero-order valence-electron chi connectivity index (χ0n) is 10.9. The van der Waals surface area contributed by atoms with Crippen molar-refractivity contribution >= 4 is 5.97 Å². The molecule has 0 amide bonds. The number of carboxylic acids is 1. The lowest BCUT2D eigenvalue weighted by atomic mass is 10.0. The molecule has 0 bridgehead atoms. The lowest BCUT2D eigenvalue weighted by Crippen LogP contribution is -2.50. The highest BCUT2D eigenvalue weighted by Gasteiger charge is 2.41. The molecule has 19 heavy (non-hydrogen) atoms. The molecule has 2 rings (SSSR count). The Morgan fingerprint density at radius 2 is 2.37 bits per heavy atom. The molecular weight excluding hydrogens is 242 g/mol. The summed E-state index contributed by atoms with van der Waals surface area (Å²) < 4.78 is 0. The molecule has 1 aliphatic rings. The minimum Gasteiger partial charge on any atom is -0.480 e. The van der Waals surface area contributed by atoms with Gasteiger partial charge in [-0.1, -0.05) is 6.07 Å². The average Bonchev–Trinajstić information content (AvgIpc) is 2.75. The molecule has 1 aliphatic heterocycles. The number of nitriles is 1. The van der Waals surface area contributed by atoms with Crippen LogP contribution in [0.15, 0.2) is 18.2 Å². The molecule has 1 aromatic rings. The normalized spacial score (nSPS) is 23.2. The SMILES string of the molecule is Cc1cc(C#N)ccc1CN1CCC(N)(C(=O)O)C1. The van der Waals surface area contributed by atoms with E-state index in [4.69, 9.17) is 16.1 Å². The minimum atomic E-state index is -1.12. The van der Waals surface area contributed by atoms with Crippen molar-refractivity contribution in [2.24, 2.45) is 5.73 Å². The van der Waals surface area contributed by atoms with E-state index in [-0.39, 0.29) is 0 Å². The number of aryl methyl sites for hydroxylation is 1. The lowest BCUT2D eigenvalue weighted by molar-refractivity contribution is -0.142. The maximum Gasteiger partial charge on any atom is 0.325 e. The van der Waals surface area contributed by atoms with E-state index in [0.717, 1.165) is 11.1 Å². The molecule has 5 nitrogen and oxygen atoms in total. The van der Waals surface area contributed by atoms with Crippen molar-refractivity contribution in [1.82, 2.24) is 4.90 Å². The number of benzene rings is 1. The highest BCUT2D eigenvalue weighted by molar-refractivity contribution is 5.79. The molecule has 1 atom stereocenters. The van der Waals surface area contributed by atoms with Crippen LogP contribution in [0.5, 0.6) is 0 Å². The molecule has 0 aromatic heterocycles. The Kier molecular flexibility index (Phi) is 3.56. The summed E-state index contributed by atoms with van der Waals surface area (Å²) >= 11 is 0. The molecule has 3 N–H and O–H groups in total. The number of hydrogen-bond acceptors (Lipinski definition) is 4. The molecule has 0 radical (unpaired) electrons. The van der Waals surface area contributed by atoms with Crippen molar-refractivity contribution in [1.29, 1.82) is 5.26 Å². The van der Waals surface area contributed by atoms with Crippen molar-refractivity contribution in [3.8, 4) is 6.07 Å². The number of likely N-dealkylation sites (tertiary alicyclic amines) is 1. The number of nitrogens with zero attached hydrogens (tertiary/aromatic N) is 2. The van der Waals surface area contributed by atoms with Gasteiger partial charge in [0.25, 0.3) is 0 Å². The smallest absolute Gasteiger partial charge is 0.325 e. The fourth-order valence-electron chi connectivity index (χ4n) is 2.41.